The maximum absolute atomic E-state index is 13.8. The van der Waals surface area contributed by atoms with Crippen LogP contribution in [0.3, 0.4) is 0 Å². The molecule has 0 saturated carbocycles. The molecule has 0 N–H and O–H groups in total. The summed E-state index contributed by atoms with van der Waals surface area (Å²) in [6, 6.07) is 22.8. The van der Waals surface area contributed by atoms with E-state index in [1.165, 1.54) is 32.7 Å². The molecular formula is C28H24INO2. The number of imide groups is 1. The van der Waals surface area contributed by atoms with Crippen molar-refractivity contribution in [3.63, 3.8) is 0 Å². The molecule has 1 fully saturated rings. The minimum absolute atomic E-state index is 0.0212. The predicted octanol–water partition coefficient (Wildman–Crippen LogP) is 5.99. The van der Waals surface area contributed by atoms with Crippen molar-refractivity contribution in [1.29, 1.82) is 0 Å². The first kappa shape index (κ1) is 20.2. The number of rotatable bonds is 1. The molecule has 32 heavy (non-hydrogen) atoms. The molecule has 0 aromatic heterocycles. The molecule has 4 atom stereocenters. The molecule has 3 nitrogen and oxygen atoms in total. The lowest BCUT2D eigenvalue weighted by molar-refractivity contribution is -0.122. The van der Waals surface area contributed by atoms with Gasteiger partial charge in [-0.2, -0.15) is 0 Å². The number of carbonyl (C=O) groups is 2. The molecule has 4 heteroatoms. The van der Waals surface area contributed by atoms with Crippen molar-refractivity contribution in [3.8, 4) is 0 Å². The zero-order chi connectivity index (χ0) is 22.4. The van der Waals surface area contributed by atoms with E-state index < -0.39 is 0 Å². The highest BCUT2D eigenvalue weighted by molar-refractivity contribution is 14.1. The van der Waals surface area contributed by atoms with Gasteiger partial charge in [-0.25, -0.2) is 4.90 Å². The molecule has 0 spiro atoms. The molecule has 3 aliphatic carbocycles. The Balaban J connectivity index is 1.56. The Bertz CT molecular complexity index is 1290. The van der Waals surface area contributed by atoms with Gasteiger partial charge in [0, 0.05) is 15.4 Å². The van der Waals surface area contributed by atoms with Crippen LogP contribution in [0.5, 0.6) is 0 Å². The summed E-state index contributed by atoms with van der Waals surface area (Å²) in [4.78, 5) is 29.1. The molecule has 4 aliphatic rings. The highest BCUT2D eigenvalue weighted by Gasteiger charge is 2.61. The Hall–Kier alpha value is -2.47. The minimum atomic E-state index is -0.343. The summed E-state index contributed by atoms with van der Waals surface area (Å²) in [6.45, 7) is 6.65. The van der Waals surface area contributed by atoms with E-state index in [1.54, 1.807) is 0 Å². The summed E-state index contributed by atoms with van der Waals surface area (Å²) >= 11 is 2.24. The number of anilines is 1. The largest absolute Gasteiger partial charge is 0.274 e. The fourth-order valence-corrected chi connectivity index (χ4v) is 6.40. The van der Waals surface area contributed by atoms with E-state index in [-0.39, 0.29) is 40.9 Å². The lowest BCUT2D eigenvalue weighted by Crippen LogP contribution is -2.41. The molecule has 160 valence electrons. The first-order chi connectivity index (χ1) is 15.3. The third kappa shape index (κ3) is 2.65. The summed E-state index contributed by atoms with van der Waals surface area (Å²) in [7, 11) is 0. The summed E-state index contributed by atoms with van der Waals surface area (Å²) in [5, 5.41) is 0. The van der Waals surface area contributed by atoms with E-state index in [9.17, 15) is 9.59 Å². The van der Waals surface area contributed by atoms with Gasteiger partial charge < -0.3 is 0 Å². The highest BCUT2D eigenvalue weighted by atomic mass is 127. The average Bonchev–Trinajstić information content (AvgIpc) is 3.04. The van der Waals surface area contributed by atoms with Gasteiger partial charge in [0.1, 0.15) is 0 Å². The summed E-state index contributed by atoms with van der Waals surface area (Å²) in [5.74, 6) is -0.952. The van der Waals surface area contributed by atoms with Crippen LogP contribution >= 0.6 is 22.6 Å². The molecule has 7 rings (SSSR count). The van der Waals surface area contributed by atoms with Gasteiger partial charge in [0.2, 0.25) is 11.8 Å². The highest BCUT2D eigenvalue weighted by Crippen LogP contribution is 2.61. The Kier molecular flexibility index (Phi) is 4.26. The van der Waals surface area contributed by atoms with E-state index in [1.807, 2.05) is 24.3 Å². The topological polar surface area (TPSA) is 37.4 Å². The first-order valence-electron chi connectivity index (χ1n) is 11.1. The average molecular weight is 533 g/mol. The van der Waals surface area contributed by atoms with Gasteiger partial charge in [0.15, 0.2) is 0 Å². The third-order valence-corrected chi connectivity index (χ3v) is 8.21. The van der Waals surface area contributed by atoms with Gasteiger partial charge in [-0.1, -0.05) is 63.2 Å². The van der Waals surface area contributed by atoms with Crippen molar-refractivity contribution in [2.45, 2.75) is 38.0 Å². The van der Waals surface area contributed by atoms with Gasteiger partial charge in [0.05, 0.1) is 17.5 Å². The normalized spacial score (nSPS) is 25.6. The number of amides is 2. The van der Waals surface area contributed by atoms with E-state index >= 15 is 0 Å². The van der Waals surface area contributed by atoms with Crippen LogP contribution in [0.1, 0.15) is 60.4 Å². The third-order valence-electron chi connectivity index (χ3n) is 7.49. The number of halogens is 1. The van der Waals surface area contributed by atoms with Gasteiger partial charge in [-0.05, 0) is 80.1 Å². The smallest absolute Gasteiger partial charge is 0.238 e. The SMILES string of the molecule is CC(C)(C)c1ccc2c(c1)[C@H]1c3ccccc3[C@H]2[C@@H]2C(=O)N(c3ccc(I)cc3)C(=O)[C@H]12. The number of nitrogens with zero attached hydrogens (tertiary/aromatic N) is 1. The Labute approximate surface area is 202 Å². The van der Waals surface area contributed by atoms with Crippen LogP contribution in [0.2, 0.25) is 0 Å². The van der Waals surface area contributed by atoms with E-state index in [4.69, 9.17) is 0 Å². The van der Waals surface area contributed by atoms with Gasteiger partial charge in [-0.3, -0.25) is 9.59 Å². The second-order valence-corrected chi connectivity index (χ2v) is 11.5. The maximum Gasteiger partial charge on any atom is 0.238 e. The van der Waals surface area contributed by atoms with Gasteiger partial charge >= 0.3 is 0 Å². The molecule has 3 aromatic carbocycles. The second-order valence-electron chi connectivity index (χ2n) is 10.2. The summed E-state index contributed by atoms with van der Waals surface area (Å²) in [6.07, 6.45) is 0. The summed E-state index contributed by atoms with van der Waals surface area (Å²) < 4.78 is 1.08. The number of hydrogen-bond donors (Lipinski definition) is 0. The van der Waals surface area contributed by atoms with Gasteiger partial charge in [-0.15, -0.1) is 0 Å². The molecule has 1 aliphatic heterocycles. The number of benzene rings is 3. The molecule has 2 bridgehead atoms. The summed E-state index contributed by atoms with van der Waals surface area (Å²) in [5.41, 5.74) is 6.83. The van der Waals surface area contributed by atoms with Crippen LogP contribution in [0.4, 0.5) is 5.69 Å². The molecule has 1 heterocycles. The van der Waals surface area contributed by atoms with Crippen molar-refractivity contribution in [3.05, 3.63) is 98.1 Å². The molecule has 2 amide bonds. The first-order valence-corrected chi connectivity index (χ1v) is 12.2. The van der Waals surface area contributed by atoms with Crippen molar-refractivity contribution in [2.75, 3.05) is 4.90 Å². The van der Waals surface area contributed by atoms with Crippen LogP contribution < -0.4 is 4.90 Å². The van der Waals surface area contributed by atoms with Crippen molar-refractivity contribution in [2.24, 2.45) is 11.8 Å². The Morgan fingerprint density at radius 1 is 0.719 bits per heavy atom. The molecular weight excluding hydrogens is 509 g/mol. The minimum Gasteiger partial charge on any atom is -0.274 e. The van der Waals surface area contributed by atoms with Crippen LogP contribution in [0.25, 0.3) is 0 Å². The predicted molar refractivity (Wildman–Crippen MR) is 134 cm³/mol. The Morgan fingerprint density at radius 3 is 1.81 bits per heavy atom. The number of carbonyl (C=O) groups excluding carboxylic acids is 2. The zero-order valence-corrected chi connectivity index (χ0v) is 20.5. The van der Waals surface area contributed by atoms with Crippen LogP contribution in [-0.4, -0.2) is 11.8 Å². The van der Waals surface area contributed by atoms with Crippen molar-refractivity contribution >= 4 is 40.1 Å². The fourth-order valence-electron chi connectivity index (χ4n) is 6.04. The van der Waals surface area contributed by atoms with Crippen molar-refractivity contribution < 1.29 is 9.59 Å². The monoisotopic (exact) mass is 533 g/mol. The molecule has 3 aromatic rings. The lowest BCUT2D eigenvalue weighted by atomic mass is 9.54. The fraction of sp³-hybridized carbons (Fsp3) is 0.286. The standard InChI is InChI=1S/C28H24INO2/c1-28(2,3)15-8-13-20-21(14-15)23-19-7-5-4-6-18(19)22(20)24-25(23)27(32)30(26(24)31)17-11-9-16(29)10-12-17/h4-14,22-25H,1-3H3/t22-,23-,24+,25-/m1/s1. The quantitative estimate of drug-likeness (QED) is 0.285. The number of hydrogen-bond acceptors (Lipinski definition) is 2. The van der Waals surface area contributed by atoms with Crippen molar-refractivity contribution in [1.82, 2.24) is 0 Å². The van der Waals surface area contributed by atoms with Crippen LogP contribution in [0, 0.1) is 15.4 Å². The molecule has 0 unspecified atom stereocenters. The van der Waals surface area contributed by atoms with Gasteiger partial charge in [0.25, 0.3) is 0 Å². The molecule has 1 saturated heterocycles. The maximum atomic E-state index is 13.8. The van der Waals surface area contributed by atoms with E-state index in [2.05, 4.69) is 85.8 Å². The van der Waals surface area contributed by atoms with E-state index in [0.717, 1.165) is 3.57 Å². The van der Waals surface area contributed by atoms with E-state index in [0.29, 0.717) is 5.69 Å². The second kappa shape index (κ2) is 6.77. The lowest BCUT2D eigenvalue weighted by Gasteiger charge is -2.46. The zero-order valence-electron chi connectivity index (χ0n) is 18.3. The Morgan fingerprint density at radius 2 is 1.25 bits per heavy atom. The van der Waals surface area contributed by atoms with Crippen LogP contribution in [0.15, 0.2) is 66.7 Å². The van der Waals surface area contributed by atoms with Crippen LogP contribution in [-0.2, 0) is 15.0 Å². The molecule has 0 radical (unpaired) electrons.